The number of aryl methyl sites for hydroxylation is 1. The standard InChI is InChI=1S/C16H14N6O4/c1-10-4-6-11(7-5-10)19-14-13(22(24)25)15(18-9-17-14)20-21-16(23)12-3-2-8-26-12/h2-9H,1H3,(H,21,23)(H2,17,18,19,20). The number of benzene rings is 1. The van der Waals surface area contributed by atoms with Crippen LogP contribution in [0.3, 0.4) is 0 Å². The van der Waals surface area contributed by atoms with Crippen molar-refractivity contribution in [1.29, 1.82) is 0 Å². The molecule has 0 saturated carbocycles. The summed E-state index contributed by atoms with van der Waals surface area (Å²) < 4.78 is 4.94. The Morgan fingerprint density at radius 3 is 2.54 bits per heavy atom. The van der Waals surface area contributed by atoms with Crippen molar-refractivity contribution >= 4 is 28.9 Å². The van der Waals surface area contributed by atoms with Crippen LogP contribution in [0.5, 0.6) is 0 Å². The van der Waals surface area contributed by atoms with Crippen molar-refractivity contribution in [3.63, 3.8) is 0 Å². The number of rotatable bonds is 6. The Balaban J connectivity index is 1.82. The average molecular weight is 354 g/mol. The Kier molecular flexibility index (Phi) is 4.74. The fourth-order valence-corrected chi connectivity index (χ4v) is 2.09. The van der Waals surface area contributed by atoms with E-state index < -0.39 is 16.5 Å². The summed E-state index contributed by atoms with van der Waals surface area (Å²) in [6, 6.07) is 10.3. The number of hydrogen-bond acceptors (Lipinski definition) is 8. The van der Waals surface area contributed by atoms with Crippen molar-refractivity contribution < 1.29 is 14.1 Å². The Bertz CT molecular complexity index is 924. The number of amides is 1. The van der Waals surface area contributed by atoms with Gasteiger partial charge < -0.3 is 9.73 Å². The monoisotopic (exact) mass is 354 g/mol. The Morgan fingerprint density at radius 1 is 1.15 bits per heavy atom. The molecular formula is C16H14N6O4. The molecule has 3 N–H and O–H groups in total. The van der Waals surface area contributed by atoms with E-state index in [-0.39, 0.29) is 17.4 Å². The van der Waals surface area contributed by atoms with Gasteiger partial charge in [-0.15, -0.1) is 0 Å². The Hall–Kier alpha value is -3.95. The van der Waals surface area contributed by atoms with Crippen LogP contribution in [0.25, 0.3) is 0 Å². The van der Waals surface area contributed by atoms with Gasteiger partial charge >= 0.3 is 11.6 Å². The van der Waals surface area contributed by atoms with Gasteiger partial charge in [0.1, 0.15) is 6.33 Å². The molecule has 10 nitrogen and oxygen atoms in total. The van der Waals surface area contributed by atoms with E-state index in [0.29, 0.717) is 5.69 Å². The number of anilines is 3. The Labute approximate surface area is 147 Å². The van der Waals surface area contributed by atoms with Crippen LogP contribution < -0.4 is 16.2 Å². The van der Waals surface area contributed by atoms with Crippen molar-refractivity contribution in [3.8, 4) is 0 Å². The minimum absolute atomic E-state index is 0.0106. The molecule has 0 aliphatic carbocycles. The first-order valence-corrected chi connectivity index (χ1v) is 7.47. The molecule has 1 amide bonds. The van der Waals surface area contributed by atoms with Crippen molar-refractivity contribution in [2.75, 3.05) is 10.7 Å². The van der Waals surface area contributed by atoms with E-state index in [9.17, 15) is 14.9 Å². The number of nitrogens with one attached hydrogen (secondary N) is 3. The first-order chi connectivity index (χ1) is 12.5. The summed E-state index contributed by atoms with van der Waals surface area (Å²) >= 11 is 0. The normalized spacial score (nSPS) is 10.2. The zero-order valence-electron chi connectivity index (χ0n) is 13.6. The molecule has 0 aliphatic rings. The molecule has 26 heavy (non-hydrogen) atoms. The van der Waals surface area contributed by atoms with Crippen LogP contribution in [0.4, 0.5) is 23.0 Å². The predicted molar refractivity (Wildman–Crippen MR) is 92.9 cm³/mol. The molecule has 2 aromatic heterocycles. The topological polar surface area (TPSA) is 135 Å². The lowest BCUT2D eigenvalue weighted by Crippen LogP contribution is -2.30. The van der Waals surface area contributed by atoms with Crippen LogP contribution in [0, 0.1) is 17.0 Å². The number of aromatic nitrogens is 2. The number of furan rings is 1. The number of nitro groups is 1. The molecule has 0 spiro atoms. The zero-order valence-corrected chi connectivity index (χ0v) is 13.6. The van der Waals surface area contributed by atoms with Gasteiger partial charge in [-0.3, -0.25) is 25.8 Å². The van der Waals surface area contributed by atoms with Crippen molar-refractivity contribution in [2.24, 2.45) is 0 Å². The van der Waals surface area contributed by atoms with Gasteiger partial charge in [-0.05, 0) is 31.2 Å². The van der Waals surface area contributed by atoms with E-state index in [4.69, 9.17) is 4.42 Å². The third kappa shape index (κ3) is 3.75. The van der Waals surface area contributed by atoms with Gasteiger partial charge in [0.05, 0.1) is 11.2 Å². The maximum Gasteiger partial charge on any atom is 0.355 e. The second kappa shape index (κ2) is 7.30. The van der Waals surface area contributed by atoms with E-state index in [0.717, 1.165) is 11.9 Å². The lowest BCUT2D eigenvalue weighted by molar-refractivity contribution is -0.383. The largest absolute Gasteiger partial charge is 0.459 e. The van der Waals surface area contributed by atoms with Crippen LogP contribution in [-0.4, -0.2) is 20.8 Å². The van der Waals surface area contributed by atoms with Crippen molar-refractivity contribution in [1.82, 2.24) is 15.4 Å². The lowest BCUT2D eigenvalue weighted by atomic mass is 10.2. The highest BCUT2D eigenvalue weighted by atomic mass is 16.6. The van der Waals surface area contributed by atoms with E-state index in [1.165, 1.54) is 12.3 Å². The molecular weight excluding hydrogens is 340 g/mol. The number of hydrazine groups is 1. The first-order valence-electron chi connectivity index (χ1n) is 7.47. The molecule has 0 radical (unpaired) electrons. The number of carbonyl (C=O) groups excluding carboxylic acids is 1. The van der Waals surface area contributed by atoms with E-state index in [1.807, 2.05) is 19.1 Å². The number of nitrogens with zero attached hydrogens (tertiary/aromatic N) is 3. The minimum atomic E-state index is -0.641. The quantitative estimate of drug-likeness (QED) is 0.454. The van der Waals surface area contributed by atoms with Gasteiger partial charge in [0, 0.05) is 5.69 Å². The van der Waals surface area contributed by atoms with Gasteiger partial charge in [-0.25, -0.2) is 9.97 Å². The summed E-state index contributed by atoms with van der Waals surface area (Å²) in [6.07, 6.45) is 2.48. The highest BCUT2D eigenvalue weighted by molar-refractivity contribution is 5.92. The van der Waals surface area contributed by atoms with Crippen LogP contribution >= 0.6 is 0 Å². The molecule has 10 heteroatoms. The molecule has 0 aliphatic heterocycles. The summed E-state index contributed by atoms with van der Waals surface area (Å²) in [5.41, 5.74) is 5.99. The fourth-order valence-electron chi connectivity index (χ4n) is 2.09. The van der Waals surface area contributed by atoms with Crippen molar-refractivity contribution in [3.05, 3.63) is 70.4 Å². The molecule has 0 fully saturated rings. The van der Waals surface area contributed by atoms with E-state index in [2.05, 4.69) is 26.1 Å². The van der Waals surface area contributed by atoms with Gasteiger partial charge in [-0.2, -0.15) is 0 Å². The van der Waals surface area contributed by atoms with Crippen LogP contribution in [0.1, 0.15) is 16.1 Å². The summed E-state index contributed by atoms with van der Waals surface area (Å²) in [5.74, 6) is -0.730. The number of hydrogen-bond donors (Lipinski definition) is 3. The molecule has 1 aromatic carbocycles. The van der Waals surface area contributed by atoms with Crippen LogP contribution in [0.2, 0.25) is 0 Å². The first kappa shape index (κ1) is 16.9. The highest BCUT2D eigenvalue weighted by Gasteiger charge is 2.24. The average Bonchev–Trinajstić information content (AvgIpc) is 3.16. The highest BCUT2D eigenvalue weighted by Crippen LogP contribution is 2.30. The molecule has 132 valence electrons. The molecule has 0 saturated heterocycles. The third-order valence-electron chi connectivity index (χ3n) is 3.36. The SMILES string of the molecule is Cc1ccc(Nc2ncnc(NNC(=O)c3ccco3)c2[N+](=O)[O-])cc1. The third-order valence-corrected chi connectivity index (χ3v) is 3.36. The molecule has 3 aromatic rings. The maximum atomic E-state index is 11.9. The van der Waals surface area contributed by atoms with Gasteiger partial charge in [0.15, 0.2) is 5.76 Å². The van der Waals surface area contributed by atoms with Gasteiger partial charge in [-0.1, -0.05) is 17.7 Å². The second-order valence-corrected chi connectivity index (χ2v) is 5.22. The van der Waals surface area contributed by atoms with Gasteiger partial charge in [0.2, 0.25) is 11.6 Å². The second-order valence-electron chi connectivity index (χ2n) is 5.22. The molecule has 0 unspecified atom stereocenters. The predicted octanol–water partition coefficient (Wildman–Crippen LogP) is 2.79. The fraction of sp³-hybridized carbons (Fsp3) is 0.0625. The summed E-state index contributed by atoms with van der Waals surface area (Å²) in [6.45, 7) is 1.93. The van der Waals surface area contributed by atoms with E-state index in [1.54, 1.807) is 18.2 Å². The van der Waals surface area contributed by atoms with E-state index >= 15 is 0 Å². The molecule has 0 bridgehead atoms. The maximum absolute atomic E-state index is 11.9. The summed E-state index contributed by atoms with van der Waals surface area (Å²) in [5, 5.41) is 14.3. The summed E-state index contributed by atoms with van der Waals surface area (Å²) in [7, 11) is 0. The molecule has 3 rings (SSSR count). The minimum Gasteiger partial charge on any atom is -0.459 e. The molecule has 2 heterocycles. The smallest absolute Gasteiger partial charge is 0.355 e. The van der Waals surface area contributed by atoms with Crippen LogP contribution in [-0.2, 0) is 0 Å². The zero-order chi connectivity index (χ0) is 18.5. The van der Waals surface area contributed by atoms with Crippen molar-refractivity contribution in [2.45, 2.75) is 6.92 Å². The Morgan fingerprint density at radius 2 is 1.88 bits per heavy atom. The lowest BCUT2D eigenvalue weighted by Gasteiger charge is -2.10. The van der Waals surface area contributed by atoms with Crippen LogP contribution in [0.15, 0.2) is 53.4 Å². The summed E-state index contributed by atoms with van der Waals surface area (Å²) in [4.78, 5) is 30.4. The van der Waals surface area contributed by atoms with Gasteiger partial charge in [0.25, 0.3) is 0 Å². The number of carbonyl (C=O) groups is 1. The molecule has 0 atom stereocenters.